The van der Waals surface area contributed by atoms with Gasteiger partial charge in [0.05, 0.1) is 35.4 Å². The first kappa shape index (κ1) is 49.4. The molecular formula is C52H62Cl2N4O6. The van der Waals surface area contributed by atoms with E-state index >= 15 is 0 Å². The number of likely N-dealkylation sites (N-methyl/N-ethyl adjacent to an activating group) is 2. The highest BCUT2D eigenvalue weighted by atomic mass is 35.5. The number of amides is 4. The first-order chi connectivity index (χ1) is 30.5. The largest absolute Gasteiger partial charge is 0.490 e. The number of halogens is 2. The summed E-state index contributed by atoms with van der Waals surface area (Å²) >= 11 is 12.4. The van der Waals surface area contributed by atoms with Crippen molar-refractivity contribution in [3.05, 3.63) is 154 Å². The molecule has 0 saturated carbocycles. The van der Waals surface area contributed by atoms with Gasteiger partial charge in [-0.05, 0) is 98.2 Å². The van der Waals surface area contributed by atoms with Crippen LogP contribution in [0.15, 0.2) is 121 Å². The van der Waals surface area contributed by atoms with Crippen LogP contribution in [0.5, 0.6) is 11.5 Å². The molecule has 2 heterocycles. The van der Waals surface area contributed by atoms with Gasteiger partial charge in [0.25, 0.3) is 11.8 Å². The smallest absolute Gasteiger partial charge is 0.258 e. The molecular weight excluding hydrogens is 847 g/mol. The molecule has 4 aromatic rings. The monoisotopic (exact) mass is 908 g/mol. The maximum absolute atomic E-state index is 13.4. The van der Waals surface area contributed by atoms with Crippen molar-refractivity contribution in [2.24, 2.45) is 11.8 Å². The fourth-order valence-corrected chi connectivity index (χ4v) is 8.46. The highest BCUT2D eigenvalue weighted by molar-refractivity contribution is 6.30. The lowest BCUT2D eigenvalue weighted by Gasteiger charge is -2.32. The molecule has 0 saturated heterocycles. The van der Waals surface area contributed by atoms with E-state index in [-0.39, 0.29) is 59.8 Å². The van der Waals surface area contributed by atoms with Crippen molar-refractivity contribution in [1.82, 2.24) is 20.4 Å². The van der Waals surface area contributed by atoms with E-state index in [4.69, 9.17) is 32.7 Å². The number of carbonyl (C=O) groups excluding carboxylic acids is 4. The second kappa shape index (κ2) is 23.4. The molecule has 0 fully saturated rings. The SMILES string of the molecule is CC(C)[C@@H]1C(=O)N[C@H](c2cccc(Cl)c2)C/C=C/C[C@H](C)Oc2ccccc2C(=O)N1C.CC(C)[C@@H]1C(=O)N[C@H](c2cccc(Cl)c2)C/C=C\C[C@H](C)Oc2ccccc2C(=O)N1C. The van der Waals surface area contributed by atoms with Gasteiger partial charge in [-0.3, -0.25) is 19.2 Å². The Bertz CT molecular complexity index is 2140. The van der Waals surface area contributed by atoms with Crippen LogP contribution < -0.4 is 20.1 Å². The summed E-state index contributed by atoms with van der Waals surface area (Å²) in [6.45, 7) is 11.7. The van der Waals surface area contributed by atoms with Crippen molar-refractivity contribution in [1.29, 1.82) is 0 Å². The third kappa shape index (κ3) is 13.2. The third-order valence-corrected chi connectivity index (χ3v) is 11.8. The topological polar surface area (TPSA) is 117 Å². The number of carbonyl (C=O) groups is 4. The molecule has 2 N–H and O–H groups in total. The van der Waals surface area contributed by atoms with Gasteiger partial charge in [0.15, 0.2) is 0 Å². The van der Waals surface area contributed by atoms with Gasteiger partial charge in [-0.25, -0.2) is 0 Å². The Balaban J connectivity index is 0.000000241. The molecule has 0 spiro atoms. The number of nitrogens with one attached hydrogen (secondary N) is 2. The number of hydrogen-bond donors (Lipinski definition) is 2. The van der Waals surface area contributed by atoms with Gasteiger partial charge in [0, 0.05) is 37.0 Å². The van der Waals surface area contributed by atoms with E-state index in [1.54, 1.807) is 50.5 Å². The lowest BCUT2D eigenvalue weighted by atomic mass is 9.98. The van der Waals surface area contributed by atoms with Crippen LogP contribution >= 0.6 is 23.2 Å². The quantitative estimate of drug-likeness (QED) is 0.197. The number of nitrogens with zero attached hydrogens (tertiary/aromatic N) is 2. The second-order valence-electron chi connectivity index (χ2n) is 17.2. The molecule has 340 valence electrons. The van der Waals surface area contributed by atoms with Crippen molar-refractivity contribution >= 4 is 46.8 Å². The molecule has 0 aliphatic carbocycles. The first-order valence-corrected chi connectivity index (χ1v) is 22.8. The molecule has 6 atom stereocenters. The number of fused-ring (bicyclic) bond motifs is 2. The lowest BCUT2D eigenvalue weighted by molar-refractivity contribution is -0.128. The van der Waals surface area contributed by atoms with Gasteiger partial charge in [-0.1, -0.05) is 124 Å². The predicted molar refractivity (Wildman–Crippen MR) is 256 cm³/mol. The summed E-state index contributed by atoms with van der Waals surface area (Å²) in [5, 5.41) is 7.55. The van der Waals surface area contributed by atoms with Crippen LogP contribution in [0.3, 0.4) is 0 Å². The van der Waals surface area contributed by atoms with E-state index in [1.165, 1.54) is 9.80 Å². The summed E-state index contributed by atoms with van der Waals surface area (Å²) in [4.78, 5) is 56.7. The Morgan fingerprint density at radius 2 is 0.891 bits per heavy atom. The Labute approximate surface area is 389 Å². The zero-order valence-corrected chi connectivity index (χ0v) is 39.6. The molecule has 6 rings (SSSR count). The second-order valence-corrected chi connectivity index (χ2v) is 18.0. The molecule has 0 unspecified atom stereocenters. The van der Waals surface area contributed by atoms with Crippen LogP contribution in [-0.4, -0.2) is 71.8 Å². The predicted octanol–water partition coefficient (Wildman–Crippen LogP) is 10.8. The Morgan fingerprint density at radius 1 is 0.531 bits per heavy atom. The maximum Gasteiger partial charge on any atom is 0.258 e. The number of rotatable bonds is 4. The van der Waals surface area contributed by atoms with Crippen LogP contribution in [-0.2, 0) is 9.59 Å². The van der Waals surface area contributed by atoms with Crippen LogP contribution in [0.1, 0.15) is 111 Å². The number of benzene rings is 4. The van der Waals surface area contributed by atoms with Gasteiger partial charge >= 0.3 is 0 Å². The van der Waals surface area contributed by atoms with E-state index in [0.717, 1.165) is 11.1 Å². The van der Waals surface area contributed by atoms with Crippen LogP contribution in [0.2, 0.25) is 10.0 Å². The van der Waals surface area contributed by atoms with Crippen molar-refractivity contribution in [3.8, 4) is 11.5 Å². The maximum atomic E-state index is 13.4. The van der Waals surface area contributed by atoms with Gasteiger partial charge in [-0.15, -0.1) is 0 Å². The summed E-state index contributed by atoms with van der Waals surface area (Å²) in [7, 11) is 3.35. The summed E-state index contributed by atoms with van der Waals surface area (Å²) in [5.41, 5.74) is 2.75. The normalized spacial score (nSPS) is 23.7. The molecule has 64 heavy (non-hydrogen) atoms. The van der Waals surface area contributed by atoms with E-state index < -0.39 is 12.1 Å². The first-order valence-electron chi connectivity index (χ1n) is 22.0. The fraction of sp³-hybridized carbons (Fsp3) is 0.385. The van der Waals surface area contributed by atoms with Crippen molar-refractivity contribution in [3.63, 3.8) is 0 Å². The summed E-state index contributed by atoms with van der Waals surface area (Å²) in [5.74, 6) is 0.0149. The molecule has 10 nitrogen and oxygen atoms in total. The molecule has 0 bridgehead atoms. The highest BCUT2D eigenvalue weighted by Gasteiger charge is 2.35. The van der Waals surface area contributed by atoms with Gasteiger partial charge < -0.3 is 29.9 Å². The van der Waals surface area contributed by atoms with E-state index in [0.29, 0.717) is 58.4 Å². The van der Waals surface area contributed by atoms with Crippen molar-refractivity contribution in [2.45, 2.75) is 104 Å². The van der Waals surface area contributed by atoms with E-state index in [9.17, 15) is 19.2 Å². The Kier molecular flexibility index (Phi) is 18.1. The lowest BCUT2D eigenvalue weighted by Crippen LogP contribution is -2.51. The summed E-state index contributed by atoms with van der Waals surface area (Å²) in [6.07, 6.45) is 10.6. The average molecular weight is 910 g/mol. The van der Waals surface area contributed by atoms with Crippen LogP contribution in [0, 0.1) is 11.8 Å². The van der Waals surface area contributed by atoms with E-state index in [1.807, 2.05) is 102 Å². The molecule has 4 aromatic carbocycles. The minimum Gasteiger partial charge on any atom is -0.490 e. The van der Waals surface area contributed by atoms with E-state index in [2.05, 4.69) is 34.9 Å². The van der Waals surface area contributed by atoms with Crippen LogP contribution in [0.25, 0.3) is 0 Å². The standard InChI is InChI=1S/2C26H31ClN2O3/c2*1-17(2)24-25(30)28-22(19-11-9-12-20(27)16-19)14-7-5-10-18(3)32-23-15-8-6-13-21(23)26(31)29(24)4/h2*5-9,11-13,15-18,22,24H,10,14H2,1-4H3,(H,28,30)/b7-5+;7-5-/t2*18-,22-,24+/m00/s1. The highest BCUT2D eigenvalue weighted by Crippen LogP contribution is 2.29. The molecule has 4 amide bonds. The zero-order valence-electron chi connectivity index (χ0n) is 38.1. The fourth-order valence-electron chi connectivity index (χ4n) is 8.06. The number of para-hydroxylation sites is 2. The molecule has 0 aromatic heterocycles. The van der Waals surface area contributed by atoms with Gasteiger partial charge in [0.1, 0.15) is 23.6 Å². The Morgan fingerprint density at radius 3 is 1.25 bits per heavy atom. The molecule has 2 aliphatic rings. The van der Waals surface area contributed by atoms with Crippen molar-refractivity contribution < 1.29 is 28.7 Å². The molecule has 0 radical (unpaired) electrons. The Hall–Kier alpha value is -5.58. The van der Waals surface area contributed by atoms with Gasteiger partial charge in [0.2, 0.25) is 11.8 Å². The molecule has 12 heteroatoms. The van der Waals surface area contributed by atoms with Crippen molar-refractivity contribution in [2.75, 3.05) is 14.1 Å². The van der Waals surface area contributed by atoms with Gasteiger partial charge in [-0.2, -0.15) is 0 Å². The summed E-state index contributed by atoms with van der Waals surface area (Å²) in [6, 6.07) is 27.6. The van der Waals surface area contributed by atoms with Crippen LogP contribution in [0.4, 0.5) is 0 Å². The number of ether oxygens (including phenoxy) is 2. The average Bonchev–Trinajstić information content (AvgIpc) is 3.25. The summed E-state index contributed by atoms with van der Waals surface area (Å²) < 4.78 is 12.2. The minimum atomic E-state index is -0.637. The molecule has 2 aliphatic heterocycles. The zero-order chi connectivity index (χ0) is 46.5. The third-order valence-electron chi connectivity index (χ3n) is 11.3. The minimum absolute atomic E-state index is 0.0839. The number of hydrogen-bond acceptors (Lipinski definition) is 6.